The summed E-state index contributed by atoms with van der Waals surface area (Å²) < 4.78 is 34.3. The van der Waals surface area contributed by atoms with E-state index in [4.69, 9.17) is 4.74 Å². The summed E-state index contributed by atoms with van der Waals surface area (Å²) in [7, 11) is -1.51. The third kappa shape index (κ3) is 3.68. The molecular weight excluding hydrogens is 413 g/mol. The second kappa shape index (κ2) is 7.78. The molecule has 0 radical (unpaired) electrons. The van der Waals surface area contributed by atoms with Crippen LogP contribution in [0, 0.1) is 12.7 Å². The zero-order chi connectivity index (χ0) is 21.5. The predicted octanol–water partition coefficient (Wildman–Crippen LogP) is 5.00. The minimum absolute atomic E-state index is 0.0644. The van der Waals surface area contributed by atoms with Crippen LogP contribution in [0.2, 0.25) is 0 Å². The van der Waals surface area contributed by atoms with Crippen molar-refractivity contribution in [2.75, 3.05) is 0 Å². The van der Waals surface area contributed by atoms with E-state index in [1.165, 1.54) is 17.7 Å². The van der Waals surface area contributed by atoms with Gasteiger partial charge in [-0.3, -0.25) is 9.52 Å². The average Bonchev–Trinajstić information content (AvgIpc) is 3.33. The summed E-state index contributed by atoms with van der Waals surface area (Å²) in [5.41, 5.74) is 5.89. The zero-order valence-electron chi connectivity index (χ0n) is 16.9. The number of rotatable bonds is 4. The van der Waals surface area contributed by atoms with Gasteiger partial charge in [-0.05, 0) is 77.4 Å². The molecule has 0 spiro atoms. The number of fused-ring (bicyclic) bond motifs is 1. The Morgan fingerprint density at radius 3 is 2.55 bits per heavy atom. The molecule has 0 aromatic heterocycles. The quantitative estimate of drug-likeness (QED) is 0.630. The highest BCUT2D eigenvalue weighted by Gasteiger charge is 2.27. The van der Waals surface area contributed by atoms with Crippen LogP contribution in [-0.4, -0.2) is 10.1 Å². The maximum Gasteiger partial charge on any atom is 0.257 e. The van der Waals surface area contributed by atoms with Gasteiger partial charge >= 0.3 is 0 Å². The monoisotopic (exact) mass is 433 g/mol. The summed E-state index contributed by atoms with van der Waals surface area (Å²) >= 11 is 0. The molecule has 5 rings (SSSR count). The normalized spacial score (nSPS) is 19.7. The van der Waals surface area contributed by atoms with Crippen LogP contribution >= 0.6 is 0 Å². The van der Waals surface area contributed by atoms with Crippen LogP contribution in [0.1, 0.15) is 34.8 Å². The summed E-state index contributed by atoms with van der Waals surface area (Å²) in [6.45, 7) is 1.78. The summed E-state index contributed by atoms with van der Waals surface area (Å²) in [5, 5.41) is 0. The highest BCUT2D eigenvalue weighted by Crippen LogP contribution is 2.40. The SMILES string of the molecule is Cc1cc(-c2cccc3c2CC[C@H]3Oc2ccc(C3=CC(=O)NS3=O)cc2)ccc1F. The molecule has 3 aromatic rings. The number of halogens is 1. The van der Waals surface area contributed by atoms with E-state index in [1.807, 2.05) is 42.5 Å². The molecule has 1 aliphatic carbocycles. The number of ether oxygens (including phenoxy) is 1. The minimum atomic E-state index is -1.51. The molecule has 1 heterocycles. The number of hydrogen-bond acceptors (Lipinski definition) is 3. The molecule has 0 saturated heterocycles. The molecule has 0 fully saturated rings. The standard InChI is InChI=1S/C25H20FNO3S/c1-15-13-17(7-11-22(15)26)19-3-2-4-21-20(19)10-12-23(21)30-18-8-5-16(6-9-18)24-14-25(28)27-31(24)29/h2-9,11,13-14,23H,10,12H2,1H3,(H,27,28)/t23-,31?/m1/s1. The van der Waals surface area contributed by atoms with Gasteiger partial charge in [0.25, 0.3) is 5.91 Å². The Morgan fingerprint density at radius 2 is 1.84 bits per heavy atom. The summed E-state index contributed by atoms with van der Waals surface area (Å²) in [5.74, 6) is 0.176. The molecule has 1 N–H and O–H groups in total. The number of aryl methyl sites for hydroxylation is 1. The van der Waals surface area contributed by atoms with Gasteiger partial charge in [-0.15, -0.1) is 0 Å². The van der Waals surface area contributed by atoms with Crippen molar-refractivity contribution in [3.63, 3.8) is 0 Å². The van der Waals surface area contributed by atoms with Gasteiger partial charge in [-0.2, -0.15) is 0 Å². The van der Waals surface area contributed by atoms with E-state index in [-0.39, 0.29) is 17.8 Å². The first-order valence-electron chi connectivity index (χ1n) is 10.1. The van der Waals surface area contributed by atoms with E-state index in [1.54, 1.807) is 6.92 Å². The average molecular weight is 434 g/mol. The van der Waals surface area contributed by atoms with Gasteiger partial charge < -0.3 is 4.74 Å². The molecular formula is C25H20FNO3S. The number of hydrogen-bond donors (Lipinski definition) is 1. The van der Waals surface area contributed by atoms with Crippen molar-refractivity contribution in [1.82, 2.24) is 4.72 Å². The van der Waals surface area contributed by atoms with E-state index in [2.05, 4.69) is 16.9 Å². The van der Waals surface area contributed by atoms with Gasteiger partial charge in [-0.25, -0.2) is 8.60 Å². The molecule has 156 valence electrons. The minimum Gasteiger partial charge on any atom is -0.486 e. The lowest BCUT2D eigenvalue weighted by Gasteiger charge is -2.16. The molecule has 0 saturated carbocycles. The van der Waals surface area contributed by atoms with Crippen LogP contribution in [0.4, 0.5) is 4.39 Å². The van der Waals surface area contributed by atoms with E-state index < -0.39 is 11.0 Å². The molecule has 0 bridgehead atoms. The lowest BCUT2D eigenvalue weighted by molar-refractivity contribution is -0.114. The molecule has 2 atom stereocenters. The van der Waals surface area contributed by atoms with Gasteiger partial charge in [0.05, 0.1) is 4.91 Å². The topological polar surface area (TPSA) is 55.4 Å². The second-order valence-corrected chi connectivity index (χ2v) is 8.93. The van der Waals surface area contributed by atoms with Crippen molar-refractivity contribution >= 4 is 21.8 Å². The fourth-order valence-corrected chi connectivity index (χ4v) is 5.14. The molecule has 6 heteroatoms. The fourth-order valence-electron chi connectivity index (χ4n) is 4.22. The molecule has 1 amide bonds. The Balaban J connectivity index is 1.39. The van der Waals surface area contributed by atoms with Crippen molar-refractivity contribution < 1.29 is 18.1 Å². The molecule has 3 aromatic carbocycles. The maximum absolute atomic E-state index is 13.7. The van der Waals surface area contributed by atoms with E-state index in [9.17, 15) is 13.4 Å². The second-order valence-electron chi connectivity index (χ2n) is 7.75. The third-order valence-corrected chi connectivity index (χ3v) is 6.90. The Hall–Kier alpha value is -3.25. The van der Waals surface area contributed by atoms with E-state index in [0.29, 0.717) is 16.2 Å². The molecule has 4 nitrogen and oxygen atoms in total. The molecule has 1 aliphatic heterocycles. The highest BCUT2D eigenvalue weighted by atomic mass is 32.2. The Bertz CT molecular complexity index is 1250. The lowest BCUT2D eigenvalue weighted by atomic mass is 9.95. The first-order valence-corrected chi connectivity index (χ1v) is 11.2. The molecule has 2 aliphatic rings. The van der Waals surface area contributed by atoms with Gasteiger partial charge in [-0.1, -0.05) is 36.4 Å². The van der Waals surface area contributed by atoms with Crippen molar-refractivity contribution in [1.29, 1.82) is 0 Å². The Kier molecular flexibility index (Phi) is 4.94. The highest BCUT2D eigenvalue weighted by molar-refractivity contribution is 7.93. The predicted molar refractivity (Wildman–Crippen MR) is 119 cm³/mol. The number of carbonyl (C=O) groups excluding carboxylic acids is 1. The van der Waals surface area contributed by atoms with E-state index >= 15 is 0 Å². The lowest BCUT2D eigenvalue weighted by Crippen LogP contribution is -2.16. The van der Waals surface area contributed by atoms with Crippen molar-refractivity contribution in [2.45, 2.75) is 25.9 Å². The van der Waals surface area contributed by atoms with Gasteiger partial charge in [0.1, 0.15) is 17.7 Å². The number of nitrogens with one attached hydrogen (secondary N) is 1. The largest absolute Gasteiger partial charge is 0.486 e. The van der Waals surface area contributed by atoms with Gasteiger partial charge in [0, 0.05) is 6.08 Å². The van der Waals surface area contributed by atoms with Crippen molar-refractivity contribution in [2.24, 2.45) is 0 Å². The summed E-state index contributed by atoms with van der Waals surface area (Å²) in [4.78, 5) is 11.9. The number of amides is 1. The third-order valence-electron chi connectivity index (χ3n) is 5.76. The summed E-state index contributed by atoms with van der Waals surface area (Å²) in [6.07, 6.45) is 3.05. The fraction of sp³-hybridized carbons (Fsp3) is 0.160. The molecule has 1 unspecified atom stereocenters. The van der Waals surface area contributed by atoms with Crippen LogP contribution in [0.25, 0.3) is 16.0 Å². The van der Waals surface area contributed by atoms with Crippen LogP contribution in [0.15, 0.2) is 66.7 Å². The van der Waals surface area contributed by atoms with Crippen molar-refractivity contribution in [3.05, 3.63) is 94.8 Å². The first kappa shape index (κ1) is 19.7. The van der Waals surface area contributed by atoms with Crippen LogP contribution in [0.5, 0.6) is 5.75 Å². The summed E-state index contributed by atoms with van der Waals surface area (Å²) in [6, 6.07) is 18.7. The smallest absolute Gasteiger partial charge is 0.257 e. The Labute approximate surface area is 182 Å². The van der Waals surface area contributed by atoms with Crippen molar-refractivity contribution in [3.8, 4) is 16.9 Å². The van der Waals surface area contributed by atoms with Crippen LogP contribution in [0.3, 0.4) is 0 Å². The Morgan fingerprint density at radius 1 is 1.06 bits per heavy atom. The van der Waals surface area contributed by atoms with Gasteiger partial charge in [0.15, 0.2) is 11.0 Å². The van der Waals surface area contributed by atoms with Crippen LogP contribution < -0.4 is 9.46 Å². The maximum atomic E-state index is 13.7. The first-order chi connectivity index (χ1) is 15.0. The van der Waals surface area contributed by atoms with E-state index in [0.717, 1.165) is 35.1 Å². The van der Waals surface area contributed by atoms with Crippen LogP contribution in [-0.2, 0) is 22.2 Å². The number of carbonyl (C=O) groups is 1. The molecule has 31 heavy (non-hydrogen) atoms. The number of benzene rings is 3. The van der Waals surface area contributed by atoms with Gasteiger partial charge in [0.2, 0.25) is 0 Å². The zero-order valence-corrected chi connectivity index (χ0v) is 17.7.